The molecule has 0 bridgehead atoms. The second-order valence-electron chi connectivity index (χ2n) is 2.28. The van der Waals surface area contributed by atoms with Gasteiger partial charge in [0.1, 0.15) is 0 Å². The van der Waals surface area contributed by atoms with Gasteiger partial charge in [-0.25, -0.2) is 0 Å². The topological polar surface area (TPSA) is 40.5 Å². The third kappa shape index (κ3) is 2.68. The van der Waals surface area contributed by atoms with Crippen molar-refractivity contribution in [3.63, 3.8) is 0 Å². The molecule has 12 heavy (non-hydrogen) atoms. The van der Waals surface area contributed by atoms with Crippen LogP contribution in [-0.2, 0) is 0 Å². The minimum Gasteiger partial charge on any atom is -0.346 e. The molecule has 66 valence electrons. The molecular formula is C8H11O2PS. The van der Waals surface area contributed by atoms with Crippen molar-refractivity contribution in [3.8, 4) is 0 Å². The summed E-state index contributed by atoms with van der Waals surface area (Å²) < 4.78 is 0.653. The smallest absolute Gasteiger partial charge is 0.210 e. The van der Waals surface area contributed by atoms with E-state index in [2.05, 4.69) is 6.92 Å². The molecule has 2 nitrogen and oxygen atoms in total. The van der Waals surface area contributed by atoms with Crippen LogP contribution in [0, 0.1) is 0 Å². The summed E-state index contributed by atoms with van der Waals surface area (Å²) in [4.78, 5) is 18.8. The predicted molar refractivity (Wildman–Crippen MR) is 54.6 cm³/mol. The van der Waals surface area contributed by atoms with E-state index in [-0.39, 0.29) is 0 Å². The summed E-state index contributed by atoms with van der Waals surface area (Å²) >= 11 is 1.42. The molecule has 0 radical (unpaired) electrons. The number of thiophene rings is 1. The summed E-state index contributed by atoms with van der Waals surface area (Å²) in [5.74, 6) is 0. The van der Waals surface area contributed by atoms with Crippen LogP contribution in [-0.4, -0.2) is 9.79 Å². The van der Waals surface area contributed by atoms with Crippen molar-refractivity contribution in [1.29, 1.82) is 0 Å². The number of hydrogen-bond acceptors (Lipinski definition) is 3. The zero-order valence-electron chi connectivity index (χ0n) is 6.77. The quantitative estimate of drug-likeness (QED) is 0.737. The van der Waals surface area contributed by atoms with E-state index in [0.717, 1.165) is 11.3 Å². The maximum atomic E-state index is 8.87. The zero-order chi connectivity index (χ0) is 8.97. The van der Waals surface area contributed by atoms with Gasteiger partial charge in [-0.15, -0.1) is 11.3 Å². The van der Waals surface area contributed by atoms with Crippen molar-refractivity contribution in [1.82, 2.24) is 0 Å². The average Bonchev–Trinajstić information content (AvgIpc) is 2.48. The van der Waals surface area contributed by atoms with Gasteiger partial charge in [0, 0.05) is 4.88 Å². The van der Waals surface area contributed by atoms with Gasteiger partial charge >= 0.3 is 0 Å². The van der Waals surface area contributed by atoms with E-state index >= 15 is 0 Å². The fraction of sp³-hybridized carbons (Fsp3) is 0.250. The Hall–Kier alpha value is -0.210. The standard InChI is InChI=1S/C8H11O2PS/c1-2-3-4-7-5-6-8(12-7)11(9)10/h3-6,9-10H,2H2,1H3/b4-3+. The maximum absolute atomic E-state index is 8.87. The Kier molecular flexibility index (Phi) is 3.89. The van der Waals surface area contributed by atoms with E-state index in [1.807, 2.05) is 18.2 Å². The fourth-order valence-electron chi connectivity index (χ4n) is 0.773. The van der Waals surface area contributed by atoms with Gasteiger partial charge in [-0.1, -0.05) is 13.0 Å². The molecular weight excluding hydrogens is 191 g/mol. The van der Waals surface area contributed by atoms with Gasteiger partial charge in [-0.2, -0.15) is 0 Å². The lowest BCUT2D eigenvalue weighted by atomic mass is 10.4. The van der Waals surface area contributed by atoms with Crippen molar-refractivity contribution >= 4 is 30.4 Å². The van der Waals surface area contributed by atoms with Gasteiger partial charge in [0.05, 0.1) is 4.62 Å². The summed E-state index contributed by atoms with van der Waals surface area (Å²) in [6, 6.07) is 3.65. The lowest BCUT2D eigenvalue weighted by Crippen LogP contribution is -1.88. The van der Waals surface area contributed by atoms with Gasteiger partial charge in [0.25, 0.3) is 0 Å². The highest BCUT2D eigenvalue weighted by Crippen LogP contribution is 2.27. The third-order valence-electron chi connectivity index (χ3n) is 1.33. The molecule has 0 saturated heterocycles. The monoisotopic (exact) mass is 202 g/mol. The van der Waals surface area contributed by atoms with Crippen molar-refractivity contribution in [2.24, 2.45) is 0 Å². The first-order chi connectivity index (χ1) is 5.74. The minimum atomic E-state index is -1.91. The van der Waals surface area contributed by atoms with E-state index in [9.17, 15) is 0 Å². The van der Waals surface area contributed by atoms with E-state index in [0.29, 0.717) is 4.62 Å². The summed E-state index contributed by atoms with van der Waals surface area (Å²) in [7, 11) is -1.91. The molecule has 0 spiro atoms. The Morgan fingerprint density at radius 3 is 2.75 bits per heavy atom. The highest BCUT2D eigenvalue weighted by Gasteiger charge is 2.05. The molecule has 1 aromatic rings. The van der Waals surface area contributed by atoms with Gasteiger partial charge in [0.2, 0.25) is 8.38 Å². The van der Waals surface area contributed by atoms with Crippen LogP contribution < -0.4 is 4.62 Å². The summed E-state index contributed by atoms with van der Waals surface area (Å²) in [6.07, 6.45) is 5.04. The van der Waals surface area contributed by atoms with Crippen LogP contribution in [0.2, 0.25) is 0 Å². The van der Waals surface area contributed by atoms with Crippen LogP contribution >= 0.6 is 19.7 Å². The van der Waals surface area contributed by atoms with Crippen LogP contribution in [0.4, 0.5) is 0 Å². The fourth-order valence-corrected chi connectivity index (χ4v) is 2.30. The van der Waals surface area contributed by atoms with Crippen molar-refractivity contribution < 1.29 is 9.79 Å². The normalized spacial score (nSPS) is 11.7. The molecule has 0 saturated carbocycles. The lowest BCUT2D eigenvalue weighted by molar-refractivity contribution is 0.498. The molecule has 1 aromatic heterocycles. The summed E-state index contributed by atoms with van der Waals surface area (Å²) in [6.45, 7) is 2.07. The number of hydrogen-bond donors (Lipinski definition) is 2. The van der Waals surface area contributed by atoms with Gasteiger partial charge in [0.15, 0.2) is 0 Å². The van der Waals surface area contributed by atoms with E-state index < -0.39 is 8.38 Å². The van der Waals surface area contributed by atoms with Gasteiger partial charge in [-0.05, 0) is 24.6 Å². The molecule has 0 fully saturated rings. The Balaban J connectivity index is 2.70. The predicted octanol–water partition coefficient (Wildman–Crippen LogP) is 2.09. The Morgan fingerprint density at radius 2 is 2.25 bits per heavy atom. The maximum Gasteiger partial charge on any atom is 0.210 e. The molecule has 1 heterocycles. The van der Waals surface area contributed by atoms with Gasteiger partial charge < -0.3 is 9.79 Å². The highest BCUT2D eigenvalue weighted by atomic mass is 32.1. The lowest BCUT2D eigenvalue weighted by Gasteiger charge is -1.93. The van der Waals surface area contributed by atoms with Crippen LogP contribution in [0.5, 0.6) is 0 Å². The molecule has 0 aliphatic rings. The van der Waals surface area contributed by atoms with Gasteiger partial charge in [-0.3, -0.25) is 0 Å². The molecule has 0 aromatic carbocycles. The first-order valence-electron chi connectivity index (χ1n) is 3.68. The molecule has 0 atom stereocenters. The molecule has 0 aliphatic heterocycles. The Morgan fingerprint density at radius 1 is 1.50 bits per heavy atom. The van der Waals surface area contributed by atoms with Crippen LogP contribution in [0.1, 0.15) is 18.2 Å². The summed E-state index contributed by atoms with van der Waals surface area (Å²) in [5, 5.41) is 0. The molecule has 0 amide bonds. The zero-order valence-corrected chi connectivity index (χ0v) is 8.48. The van der Waals surface area contributed by atoms with Crippen LogP contribution in [0.25, 0.3) is 6.08 Å². The Bertz CT molecular complexity index is 268. The second-order valence-corrected chi connectivity index (χ2v) is 4.75. The van der Waals surface area contributed by atoms with Crippen molar-refractivity contribution in [2.45, 2.75) is 13.3 Å². The molecule has 1 rings (SSSR count). The van der Waals surface area contributed by atoms with Crippen LogP contribution in [0.3, 0.4) is 0 Å². The largest absolute Gasteiger partial charge is 0.346 e. The first-order valence-corrected chi connectivity index (χ1v) is 5.74. The first kappa shape index (κ1) is 9.87. The summed E-state index contributed by atoms with van der Waals surface area (Å²) in [5.41, 5.74) is 0. The van der Waals surface area contributed by atoms with E-state index in [4.69, 9.17) is 9.79 Å². The number of rotatable bonds is 3. The molecule has 0 aliphatic carbocycles. The van der Waals surface area contributed by atoms with Crippen molar-refractivity contribution in [3.05, 3.63) is 23.1 Å². The highest BCUT2D eigenvalue weighted by molar-refractivity contribution is 7.62. The molecule has 0 unspecified atom stereocenters. The Labute approximate surface area is 77.1 Å². The van der Waals surface area contributed by atoms with E-state index in [1.54, 1.807) is 6.07 Å². The minimum absolute atomic E-state index is 0.653. The average molecular weight is 202 g/mol. The third-order valence-corrected chi connectivity index (χ3v) is 3.49. The van der Waals surface area contributed by atoms with E-state index in [1.165, 1.54) is 11.3 Å². The number of allylic oxidation sites excluding steroid dienone is 1. The molecule has 2 N–H and O–H groups in total. The van der Waals surface area contributed by atoms with Crippen LogP contribution in [0.15, 0.2) is 18.2 Å². The van der Waals surface area contributed by atoms with Crippen molar-refractivity contribution in [2.75, 3.05) is 0 Å². The SMILES string of the molecule is CC/C=C/c1ccc(P(O)O)s1. The second kappa shape index (κ2) is 4.73. The molecule has 4 heteroatoms.